The second kappa shape index (κ2) is 4.91. The van der Waals surface area contributed by atoms with Crippen LogP contribution in [0.4, 0.5) is 0 Å². The fourth-order valence-electron chi connectivity index (χ4n) is 0.910. The van der Waals surface area contributed by atoms with Crippen LogP contribution in [0.5, 0.6) is 0 Å². The molecule has 1 fully saturated rings. The van der Waals surface area contributed by atoms with Gasteiger partial charge >= 0.3 is 0 Å². The molecule has 1 saturated heterocycles. The van der Waals surface area contributed by atoms with Crippen molar-refractivity contribution in [2.24, 2.45) is 0 Å². The maximum absolute atomic E-state index is 5.71. The Bertz CT molecular complexity index is 266. The van der Waals surface area contributed by atoms with E-state index in [9.17, 15) is 0 Å². The van der Waals surface area contributed by atoms with Crippen molar-refractivity contribution >= 4 is 11.8 Å². The van der Waals surface area contributed by atoms with Gasteiger partial charge in [0.1, 0.15) is 5.60 Å². The highest BCUT2D eigenvalue weighted by Crippen LogP contribution is 2.31. The molecule has 1 atom stereocenters. The highest BCUT2D eigenvalue weighted by atomic mass is 32.2. The van der Waals surface area contributed by atoms with E-state index in [2.05, 4.69) is 18.4 Å². The summed E-state index contributed by atoms with van der Waals surface area (Å²) in [4.78, 5) is 0. The lowest BCUT2D eigenvalue weighted by molar-refractivity contribution is 0.0323. The molecule has 1 aliphatic rings. The summed E-state index contributed by atoms with van der Waals surface area (Å²) in [5.74, 6) is 7.46. The minimum Gasteiger partial charge on any atom is -0.362 e. The molecule has 0 radical (unpaired) electrons. The first-order valence-electron chi connectivity index (χ1n) is 4.89. The van der Waals surface area contributed by atoms with Crippen molar-refractivity contribution in [2.45, 2.75) is 38.0 Å². The third-order valence-corrected chi connectivity index (χ3v) is 2.75. The Morgan fingerprint density at radius 1 is 1.64 bits per heavy atom. The van der Waals surface area contributed by atoms with E-state index in [1.807, 2.05) is 32.5 Å². The first kappa shape index (κ1) is 11.7. The SMILES string of the molecule is C=C(C)CC#CC(C)(C)OC[C@@H]1CS1. The number of ether oxygens (including phenoxy) is 1. The van der Waals surface area contributed by atoms with Gasteiger partial charge in [0.15, 0.2) is 0 Å². The van der Waals surface area contributed by atoms with Gasteiger partial charge in [-0.3, -0.25) is 0 Å². The molecule has 0 amide bonds. The molecule has 0 N–H and O–H groups in total. The molecule has 1 aliphatic heterocycles. The van der Waals surface area contributed by atoms with Crippen LogP contribution in [-0.2, 0) is 4.74 Å². The van der Waals surface area contributed by atoms with Crippen LogP contribution in [0.1, 0.15) is 27.2 Å². The predicted molar refractivity (Wildman–Crippen MR) is 63.5 cm³/mol. The predicted octanol–water partition coefficient (Wildman–Crippen LogP) is 2.87. The van der Waals surface area contributed by atoms with Gasteiger partial charge in [0, 0.05) is 17.4 Å². The van der Waals surface area contributed by atoms with Crippen molar-refractivity contribution in [3.63, 3.8) is 0 Å². The molecule has 0 saturated carbocycles. The van der Waals surface area contributed by atoms with Gasteiger partial charge < -0.3 is 4.74 Å². The number of hydrogen-bond donors (Lipinski definition) is 0. The maximum atomic E-state index is 5.71. The van der Waals surface area contributed by atoms with Crippen molar-refractivity contribution in [1.29, 1.82) is 0 Å². The summed E-state index contributed by atoms with van der Waals surface area (Å²) >= 11 is 1.95. The minimum atomic E-state index is -0.307. The number of allylic oxidation sites excluding steroid dienone is 1. The van der Waals surface area contributed by atoms with Crippen LogP contribution in [0.3, 0.4) is 0 Å². The van der Waals surface area contributed by atoms with Crippen LogP contribution < -0.4 is 0 Å². The van der Waals surface area contributed by atoms with Crippen LogP contribution in [0.25, 0.3) is 0 Å². The van der Waals surface area contributed by atoms with Crippen LogP contribution in [-0.4, -0.2) is 23.2 Å². The average molecular weight is 210 g/mol. The first-order chi connectivity index (χ1) is 6.49. The van der Waals surface area contributed by atoms with Gasteiger partial charge in [0.05, 0.1) is 6.61 Å². The molecule has 78 valence electrons. The first-order valence-corrected chi connectivity index (χ1v) is 5.94. The van der Waals surface area contributed by atoms with Gasteiger partial charge in [-0.15, -0.1) is 0 Å². The molecule has 0 aliphatic carbocycles. The molecular weight excluding hydrogens is 192 g/mol. The summed E-state index contributed by atoms with van der Waals surface area (Å²) in [6, 6.07) is 0. The largest absolute Gasteiger partial charge is 0.362 e. The molecular formula is C12H18OS. The molecule has 0 aromatic rings. The Kier molecular flexibility index (Phi) is 4.10. The van der Waals surface area contributed by atoms with Crippen molar-refractivity contribution in [2.75, 3.05) is 12.4 Å². The zero-order valence-electron chi connectivity index (χ0n) is 9.22. The van der Waals surface area contributed by atoms with E-state index in [0.717, 1.165) is 23.9 Å². The van der Waals surface area contributed by atoms with E-state index in [0.29, 0.717) is 0 Å². The quantitative estimate of drug-likeness (QED) is 0.401. The molecule has 0 aromatic heterocycles. The Morgan fingerprint density at radius 2 is 2.29 bits per heavy atom. The van der Waals surface area contributed by atoms with Crippen molar-refractivity contribution in [3.05, 3.63) is 12.2 Å². The third-order valence-electron chi connectivity index (χ3n) is 1.81. The summed E-state index contributed by atoms with van der Waals surface area (Å²) in [6.07, 6.45) is 0.769. The molecule has 0 bridgehead atoms. The summed E-state index contributed by atoms with van der Waals surface area (Å²) in [6.45, 7) is 10.7. The Balaban J connectivity index is 2.28. The molecule has 1 nitrogen and oxygen atoms in total. The monoisotopic (exact) mass is 210 g/mol. The molecule has 2 heteroatoms. The maximum Gasteiger partial charge on any atom is 0.123 e. The van der Waals surface area contributed by atoms with E-state index in [1.54, 1.807) is 0 Å². The lowest BCUT2D eigenvalue weighted by atomic mass is 10.1. The number of rotatable bonds is 4. The topological polar surface area (TPSA) is 9.23 Å². The fraction of sp³-hybridized carbons (Fsp3) is 0.667. The standard InChI is InChI=1S/C12H18OS/c1-10(2)6-5-7-12(3,4)13-8-11-9-14-11/h11H,1,6,8-9H2,2-4H3/t11-/m1/s1. The van der Waals surface area contributed by atoms with Crippen molar-refractivity contribution in [3.8, 4) is 11.8 Å². The lowest BCUT2D eigenvalue weighted by Gasteiger charge is -2.18. The molecule has 1 heterocycles. The average Bonchev–Trinajstić information content (AvgIpc) is 2.82. The molecule has 1 rings (SSSR count). The van der Waals surface area contributed by atoms with Gasteiger partial charge in [0.2, 0.25) is 0 Å². The van der Waals surface area contributed by atoms with E-state index >= 15 is 0 Å². The van der Waals surface area contributed by atoms with Crippen molar-refractivity contribution in [1.82, 2.24) is 0 Å². The Labute approximate surface area is 91.3 Å². The van der Waals surface area contributed by atoms with E-state index in [-0.39, 0.29) is 5.60 Å². The van der Waals surface area contributed by atoms with Gasteiger partial charge in [-0.25, -0.2) is 0 Å². The molecule has 14 heavy (non-hydrogen) atoms. The van der Waals surface area contributed by atoms with Crippen LogP contribution in [0, 0.1) is 11.8 Å². The van der Waals surface area contributed by atoms with Crippen LogP contribution in [0.2, 0.25) is 0 Å². The van der Waals surface area contributed by atoms with Gasteiger partial charge in [-0.1, -0.05) is 24.0 Å². The normalized spacial score (nSPS) is 19.8. The summed E-state index contributed by atoms with van der Waals surface area (Å²) in [7, 11) is 0. The molecule has 0 spiro atoms. The summed E-state index contributed by atoms with van der Waals surface area (Å²) < 4.78 is 5.71. The van der Waals surface area contributed by atoms with E-state index in [4.69, 9.17) is 4.74 Å². The van der Waals surface area contributed by atoms with E-state index in [1.165, 1.54) is 5.75 Å². The van der Waals surface area contributed by atoms with Gasteiger partial charge in [-0.05, 0) is 20.8 Å². The number of hydrogen-bond acceptors (Lipinski definition) is 2. The zero-order chi connectivity index (χ0) is 10.6. The smallest absolute Gasteiger partial charge is 0.123 e. The summed E-state index contributed by atoms with van der Waals surface area (Å²) in [5.41, 5.74) is 0.796. The Hall–Kier alpha value is -0.390. The number of thioether (sulfide) groups is 1. The summed E-state index contributed by atoms with van der Waals surface area (Å²) in [5, 5.41) is 0.720. The van der Waals surface area contributed by atoms with Gasteiger partial charge in [0.25, 0.3) is 0 Å². The van der Waals surface area contributed by atoms with Crippen molar-refractivity contribution < 1.29 is 4.74 Å². The third kappa shape index (κ3) is 5.36. The molecule has 0 unspecified atom stereocenters. The fourth-order valence-corrected chi connectivity index (χ4v) is 1.31. The van der Waals surface area contributed by atoms with Crippen LogP contribution >= 0.6 is 11.8 Å². The molecule has 0 aromatic carbocycles. The highest BCUT2D eigenvalue weighted by molar-refractivity contribution is 8.06. The minimum absolute atomic E-state index is 0.307. The zero-order valence-corrected chi connectivity index (χ0v) is 10.0. The second-order valence-corrected chi connectivity index (χ2v) is 5.55. The second-order valence-electron chi connectivity index (χ2n) is 4.21. The van der Waals surface area contributed by atoms with Gasteiger partial charge in [-0.2, -0.15) is 11.8 Å². The van der Waals surface area contributed by atoms with E-state index < -0.39 is 0 Å². The lowest BCUT2D eigenvalue weighted by Crippen LogP contribution is -2.24. The highest BCUT2D eigenvalue weighted by Gasteiger charge is 2.25. The van der Waals surface area contributed by atoms with Crippen LogP contribution in [0.15, 0.2) is 12.2 Å². The Morgan fingerprint density at radius 3 is 2.79 bits per heavy atom.